The third kappa shape index (κ3) is 6.22. The Morgan fingerprint density at radius 3 is 2.85 bits per heavy atom. The van der Waals surface area contributed by atoms with E-state index >= 15 is 0 Å². The van der Waals surface area contributed by atoms with Crippen molar-refractivity contribution in [3.8, 4) is 5.88 Å². The van der Waals surface area contributed by atoms with Crippen LogP contribution in [0.2, 0.25) is 5.02 Å². The van der Waals surface area contributed by atoms with Crippen LogP contribution in [0.15, 0.2) is 53.4 Å². The summed E-state index contributed by atoms with van der Waals surface area (Å²) in [6, 6.07) is 16.6. The molecule has 4 N–H and O–H groups in total. The van der Waals surface area contributed by atoms with E-state index in [0.29, 0.717) is 30.1 Å². The largest absolute Gasteiger partial charge is 0.471 e. The Kier molecular flexibility index (Phi) is 8.74. The molecule has 1 saturated heterocycles. The number of benzene rings is 2. The van der Waals surface area contributed by atoms with Crippen LogP contribution in [-0.4, -0.2) is 78.5 Å². The van der Waals surface area contributed by atoms with Crippen LogP contribution in [-0.2, 0) is 17.7 Å². The minimum Gasteiger partial charge on any atom is -0.471 e. The van der Waals surface area contributed by atoms with Crippen LogP contribution in [0.5, 0.6) is 5.88 Å². The van der Waals surface area contributed by atoms with Gasteiger partial charge in [-0.15, -0.1) is 11.8 Å². The maximum Gasteiger partial charge on any atom is 0.221 e. The van der Waals surface area contributed by atoms with Crippen molar-refractivity contribution in [1.82, 2.24) is 9.88 Å². The SMILES string of the molecule is CCCCc1cc2ccccc2c(OCC[N+](C)(C)CC2(N)C(N)OC2N2CCSc3cccc(Cl)c3C2)n1. The fourth-order valence-corrected chi connectivity index (χ4v) is 7.02. The maximum absolute atomic E-state index is 7.04. The Morgan fingerprint density at radius 1 is 1.23 bits per heavy atom. The zero-order valence-corrected chi connectivity index (χ0v) is 24.8. The highest BCUT2D eigenvalue weighted by Gasteiger charge is 2.58. The number of unbranched alkanes of at least 4 members (excludes halogenated alkanes) is 1. The number of ether oxygens (including phenoxy) is 2. The van der Waals surface area contributed by atoms with Crippen molar-refractivity contribution >= 4 is 34.1 Å². The van der Waals surface area contributed by atoms with E-state index in [4.69, 9.17) is 37.5 Å². The molecule has 0 radical (unpaired) electrons. The van der Waals surface area contributed by atoms with E-state index in [-0.39, 0.29) is 6.23 Å². The first-order valence-corrected chi connectivity index (χ1v) is 15.2. The molecule has 0 amide bonds. The standard InChI is InChI=1S/C30H41ClN5O2S/c1-4-5-10-22-18-21-9-6-7-11-23(21)27(34-22)37-16-15-36(2,3)20-30(33)28(32)38-29(30)35-14-17-39-26-13-8-12-25(31)24(26)19-35/h6-9,11-13,18,28-29H,4-5,10,14-17,19-20,32-33H2,1-3H3/q+1. The van der Waals surface area contributed by atoms with Crippen molar-refractivity contribution in [2.24, 2.45) is 11.5 Å². The average molecular weight is 571 g/mol. The Bertz CT molecular complexity index is 1310. The summed E-state index contributed by atoms with van der Waals surface area (Å²) in [5, 5.41) is 3.00. The molecule has 7 nitrogen and oxygen atoms in total. The molecule has 9 heteroatoms. The van der Waals surface area contributed by atoms with Gasteiger partial charge in [0.05, 0.1) is 14.1 Å². The van der Waals surface area contributed by atoms with Gasteiger partial charge in [-0.2, -0.15) is 0 Å². The van der Waals surface area contributed by atoms with Crippen LogP contribution in [0.3, 0.4) is 0 Å². The lowest BCUT2D eigenvalue weighted by Crippen LogP contribution is -2.83. The third-order valence-corrected chi connectivity index (χ3v) is 9.29. The lowest BCUT2D eigenvalue weighted by atomic mass is 9.88. The van der Waals surface area contributed by atoms with Crippen molar-refractivity contribution in [1.29, 1.82) is 0 Å². The molecule has 3 unspecified atom stereocenters. The molecule has 0 aliphatic carbocycles. The quantitative estimate of drug-likeness (QED) is 0.344. The van der Waals surface area contributed by atoms with Gasteiger partial charge in [-0.25, -0.2) is 4.98 Å². The first-order chi connectivity index (χ1) is 18.7. The van der Waals surface area contributed by atoms with E-state index in [1.165, 1.54) is 10.3 Å². The number of halogens is 1. The maximum atomic E-state index is 7.04. The average Bonchev–Trinajstić information content (AvgIpc) is 3.13. The number of nitrogens with two attached hydrogens (primary N) is 2. The van der Waals surface area contributed by atoms with Gasteiger partial charge >= 0.3 is 0 Å². The van der Waals surface area contributed by atoms with Crippen molar-refractivity contribution in [3.05, 3.63) is 64.8 Å². The topological polar surface area (TPSA) is 86.6 Å². The van der Waals surface area contributed by atoms with Gasteiger partial charge in [0.15, 0.2) is 0 Å². The van der Waals surface area contributed by atoms with Gasteiger partial charge in [-0.3, -0.25) is 4.90 Å². The molecule has 5 rings (SSSR count). The monoisotopic (exact) mass is 570 g/mol. The lowest BCUT2D eigenvalue weighted by molar-refractivity contribution is -0.896. The first-order valence-electron chi connectivity index (χ1n) is 13.9. The second-order valence-corrected chi connectivity index (χ2v) is 13.0. The molecule has 210 valence electrons. The van der Waals surface area contributed by atoms with Crippen LogP contribution in [0.4, 0.5) is 0 Å². The minimum absolute atomic E-state index is 0.269. The summed E-state index contributed by atoms with van der Waals surface area (Å²) in [6.07, 6.45) is 2.42. The number of nitrogens with zero attached hydrogens (tertiary/aromatic N) is 3. The highest BCUT2D eigenvalue weighted by Crippen LogP contribution is 2.38. The number of quaternary nitrogens is 1. The second kappa shape index (κ2) is 11.9. The molecular formula is C30H41ClN5O2S+. The number of hydrogen-bond donors (Lipinski definition) is 2. The summed E-state index contributed by atoms with van der Waals surface area (Å²) < 4.78 is 13.1. The number of fused-ring (bicyclic) bond motifs is 2. The first kappa shape index (κ1) is 28.6. The van der Waals surface area contributed by atoms with E-state index < -0.39 is 11.8 Å². The van der Waals surface area contributed by atoms with Crippen molar-refractivity contribution in [2.75, 3.05) is 46.1 Å². The molecule has 0 spiro atoms. The Balaban J connectivity index is 1.25. The van der Waals surface area contributed by atoms with Crippen molar-refractivity contribution < 1.29 is 14.0 Å². The smallest absolute Gasteiger partial charge is 0.221 e. The summed E-state index contributed by atoms with van der Waals surface area (Å²) in [4.78, 5) is 8.39. The molecule has 3 aromatic rings. The lowest BCUT2D eigenvalue weighted by Gasteiger charge is -2.56. The van der Waals surface area contributed by atoms with E-state index in [2.05, 4.69) is 56.3 Å². The van der Waals surface area contributed by atoms with Gasteiger partial charge in [-0.1, -0.05) is 49.2 Å². The molecular weight excluding hydrogens is 530 g/mol. The normalized spacial score (nSPS) is 23.7. The highest BCUT2D eigenvalue weighted by atomic mass is 35.5. The van der Waals surface area contributed by atoms with Crippen LogP contribution in [0.25, 0.3) is 10.8 Å². The Labute approximate surface area is 241 Å². The molecule has 3 atom stereocenters. The molecule has 2 aromatic carbocycles. The van der Waals surface area contributed by atoms with Gasteiger partial charge in [0.2, 0.25) is 5.88 Å². The molecule has 1 aromatic heterocycles. The molecule has 1 fully saturated rings. The number of rotatable bonds is 10. The predicted molar refractivity (Wildman–Crippen MR) is 160 cm³/mol. The molecule has 2 aliphatic rings. The zero-order chi connectivity index (χ0) is 27.6. The second-order valence-electron chi connectivity index (χ2n) is 11.5. The number of aryl methyl sites for hydroxylation is 1. The van der Waals surface area contributed by atoms with Gasteiger partial charge < -0.3 is 25.4 Å². The van der Waals surface area contributed by atoms with E-state index in [0.717, 1.165) is 59.8 Å². The number of likely N-dealkylation sites (N-methyl/N-ethyl adjacent to an activating group) is 1. The summed E-state index contributed by atoms with van der Waals surface area (Å²) in [5.74, 6) is 1.66. The van der Waals surface area contributed by atoms with Crippen LogP contribution in [0, 0.1) is 0 Å². The summed E-state index contributed by atoms with van der Waals surface area (Å²) >= 11 is 8.40. The summed E-state index contributed by atoms with van der Waals surface area (Å²) in [7, 11) is 4.35. The fourth-order valence-electron chi connectivity index (χ4n) is 5.66. The summed E-state index contributed by atoms with van der Waals surface area (Å²) in [5.41, 5.74) is 15.0. The zero-order valence-electron chi connectivity index (χ0n) is 23.2. The number of hydrogen-bond acceptors (Lipinski definition) is 7. The number of thioether (sulfide) groups is 1. The number of aromatic nitrogens is 1. The minimum atomic E-state index is -0.690. The molecule has 39 heavy (non-hydrogen) atoms. The van der Waals surface area contributed by atoms with E-state index in [1.807, 2.05) is 30.0 Å². The molecule has 2 aliphatic heterocycles. The van der Waals surface area contributed by atoms with E-state index in [9.17, 15) is 0 Å². The fraction of sp³-hybridized carbons (Fsp3) is 0.500. The van der Waals surface area contributed by atoms with Crippen molar-refractivity contribution in [2.45, 2.75) is 55.6 Å². The predicted octanol–water partition coefficient (Wildman–Crippen LogP) is 4.63. The highest BCUT2D eigenvalue weighted by molar-refractivity contribution is 7.99. The third-order valence-electron chi connectivity index (χ3n) is 7.85. The van der Waals surface area contributed by atoms with Crippen molar-refractivity contribution in [3.63, 3.8) is 0 Å². The van der Waals surface area contributed by atoms with Gasteiger partial charge in [0, 0.05) is 39.8 Å². The van der Waals surface area contributed by atoms with Gasteiger partial charge in [0.25, 0.3) is 0 Å². The Morgan fingerprint density at radius 2 is 2.05 bits per heavy atom. The summed E-state index contributed by atoms with van der Waals surface area (Å²) in [6.45, 7) is 5.70. The Hall–Kier alpha value is -1.91. The van der Waals surface area contributed by atoms with Gasteiger partial charge in [0.1, 0.15) is 37.7 Å². The van der Waals surface area contributed by atoms with Crippen LogP contribution < -0.4 is 16.2 Å². The van der Waals surface area contributed by atoms with Gasteiger partial charge in [-0.05, 0) is 48.1 Å². The molecule has 0 bridgehead atoms. The molecule has 0 saturated carbocycles. The van der Waals surface area contributed by atoms with Crippen LogP contribution in [0.1, 0.15) is 31.0 Å². The van der Waals surface area contributed by atoms with E-state index in [1.54, 1.807) is 0 Å². The number of pyridine rings is 1. The van der Waals surface area contributed by atoms with Crippen LogP contribution >= 0.6 is 23.4 Å². The molecule has 3 heterocycles.